The molecule has 0 aromatic rings. The third kappa shape index (κ3) is 2.86. The summed E-state index contributed by atoms with van der Waals surface area (Å²) in [5, 5.41) is 0.576. The summed E-state index contributed by atoms with van der Waals surface area (Å²) in [4.78, 5) is 0.344. The predicted octanol–water partition coefficient (Wildman–Crippen LogP) is 2.39. The number of sulfonamides is 1. The van der Waals surface area contributed by atoms with Crippen molar-refractivity contribution < 1.29 is 13.2 Å². The van der Waals surface area contributed by atoms with Gasteiger partial charge in [-0.05, 0) is 37.3 Å². The van der Waals surface area contributed by atoms with Crippen molar-refractivity contribution in [2.24, 2.45) is 5.92 Å². The number of nitrogens with zero attached hydrogens (tertiary/aromatic N) is 1. The Bertz CT molecular complexity index is 575. The molecule has 2 fully saturated rings. The highest BCUT2D eigenvalue weighted by Crippen LogP contribution is 2.38. The van der Waals surface area contributed by atoms with E-state index >= 15 is 0 Å². The van der Waals surface area contributed by atoms with Gasteiger partial charge in [-0.3, -0.25) is 0 Å². The van der Waals surface area contributed by atoms with Crippen LogP contribution in [0.15, 0.2) is 34.2 Å². The third-order valence-electron chi connectivity index (χ3n) is 3.93. The van der Waals surface area contributed by atoms with Crippen molar-refractivity contribution in [2.45, 2.75) is 25.3 Å². The van der Waals surface area contributed by atoms with Crippen LogP contribution >= 0.6 is 11.6 Å². The molecule has 0 aromatic carbocycles. The van der Waals surface area contributed by atoms with Crippen LogP contribution in [0, 0.1) is 5.92 Å². The lowest BCUT2D eigenvalue weighted by Gasteiger charge is -2.35. The molecule has 4 nitrogen and oxygen atoms in total. The molecule has 6 heteroatoms. The van der Waals surface area contributed by atoms with Crippen LogP contribution in [0.5, 0.6) is 0 Å². The van der Waals surface area contributed by atoms with Crippen LogP contribution in [-0.2, 0) is 14.8 Å². The molecule has 0 spiro atoms. The monoisotopic (exact) mass is 315 g/mol. The molecular formula is C14H18ClNO3S. The molecule has 0 aromatic heterocycles. The fraction of sp³-hybridized carbons (Fsp3) is 0.571. The third-order valence-corrected chi connectivity index (χ3v) is 6.18. The molecule has 0 N–H and O–H groups in total. The molecule has 1 aliphatic heterocycles. The summed E-state index contributed by atoms with van der Waals surface area (Å²) in [6.07, 6.45) is 9.51. The second kappa shape index (κ2) is 5.64. The van der Waals surface area contributed by atoms with Crippen molar-refractivity contribution in [3.05, 3.63) is 34.2 Å². The Morgan fingerprint density at radius 3 is 2.80 bits per heavy atom. The maximum Gasteiger partial charge on any atom is 0.243 e. The fourth-order valence-corrected chi connectivity index (χ4v) is 4.54. The van der Waals surface area contributed by atoms with Gasteiger partial charge < -0.3 is 4.74 Å². The molecule has 2 aliphatic carbocycles. The van der Waals surface area contributed by atoms with Gasteiger partial charge in [0.05, 0.1) is 24.2 Å². The van der Waals surface area contributed by atoms with E-state index in [0.717, 1.165) is 12.8 Å². The Morgan fingerprint density at radius 1 is 1.25 bits per heavy atom. The number of hydrogen-bond donors (Lipinski definition) is 0. The second-order valence-electron chi connectivity index (χ2n) is 5.36. The Morgan fingerprint density at radius 2 is 2.05 bits per heavy atom. The van der Waals surface area contributed by atoms with Crippen molar-refractivity contribution in [1.29, 1.82) is 0 Å². The standard InChI is InChI=1S/C14H18ClNO3S/c15-12-2-1-3-13(7-6-12)20(17,18)16-8-9-19-10-14(16)11-4-5-11/h2-3,6-7,11,14H,1,4-5,8-10H2. The number of allylic oxidation sites excluding steroid dienone is 5. The number of hydrogen-bond acceptors (Lipinski definition) is 3. The average Bonchev–Trinajstić information content (AvgIpc) is 3.26. The zero-order valence-corrected chi connectivity index (χ0v) is 12.7. The van der Waals surface area contributed by atoms with Gasteiger partial charge in [-0.2, -0.15) is 4.31 Å². The van der Waals surface area contributed by atoms with E-state index in [-0.39, 0.29) is 6.04 Å². The van der Waals surface area contributed by atoms with Gasteiger partial charge in [0.1, 0.15) is 0 Å². The van der Waals surface area contributed by atoms with Crippen LogP contribution in [0.3, 0.4) is 0 Å². The number of morpholine rings is 1. The summed E-state index contributed by atoms with van der Waals surface area (Å²) in [6, 6.07) is -0.00488. The molecule has 1 heterocycles. The number of rotatable bonds is 3. The van der Waals surface area contributed by atoms with Gasteiger partial charge in [0.2, 0.25) is 10.0 Å². The Hall–Kier alpha value is -0.620. The number of halogens is 1. The molecule has 0 radical (unpaired) electrons. The van der Waals surface area contributed by atoms with E-state index in [1.807, 2.05) is 0 Å². The summed E-state index contributed by atoms with van der Waals surface area (Å²) >= 11 is 5.92. The van der Waals surface area contributed by atoms with E-state index in [2.05, 4.69) is 0 Å². The van der Waals surface area contributed by atoms with Crippen molar-refractivity contribution in [3.8, 4) is 0 Å². The summed E-state index contributed by atoms with van der Waals surface area (Å²) in [5.41, 5.74) is 0. The first-order chi connectivity index (χ1) is 9.59. The Kier molecular flexibility index (Phi) is 4.04. The van der Waals surface area contributed by atoms with E-state index in [1.54, 1.807) is 28.6 Å². The van der Waals surface area contributed by atoms with Gasteiger partial charge in [-0.15, -0.1) is 0 Å². The molecule has 1 unspecified atom stereocenters. The molecule has 110 valence electrons. The second-order valence-corrected chi connectivity index (χ2v) is 7.69. The van der Waals surface area contributed by atoms with E-state index in [4.69, 9.17) is 16.3 Å². The highest BCUT2D eigenvalue weighted by Gasteiger charge is 2.42. The Labute approximate surface area is 124 Å². The van der Waals surface area contributed by atoms with Gasteiger partial charge in [0.15, 0.2) is 0 Å². The van der Waals surface area contributed by atoms with Crippen LogP contribution < -0.4 is 0 Å². The van der Waals surface area contributed by atoms with Crippen molar-refractivity contribution in [2.75, 3.05) is 19.8 Å². The minimum atomic E-state index is -3.45. The van der Waals surface area contributed by atoms with Crippen LogP contribution in [-0.4, -0.2) is 38.5 Å². The predicted molar refractivity (Wildman–Crippen MR) is 78.7 cm³/mol. The fourth-order valence-electron chi connectivity index (χ4n) is 2.67. The zero-order valence-electron chi connectivity index (χ0n) is 11.2. The van der Waals surface area contributed by atoms with Crippen LogP contribution in [0.1, 0.15) is 19.3 Å². The van der Waals surface area contributed by atoms with Crippen molar-refractivity contribution in [3.63, 3.8) is 0 Å². The minimum absolute atomic E-state index is 0.00488. The lowest BCUT2D eigenvalue weighted by Crippen LogP contribution is -2.49. The lowest BCUT2D eigenvalue weighted by molar-refractivity contribution is 0.0252. The van der Waals surface area contributed by atoms with Gasteiger partial charge in [-0.25, -0.2) is 8.42 Å². The molecular weight excluding hydrogens is 298 g/mol. The van der Waals surface area contributed by atoms with Crippen molar-refractivity contribution in [1.82, 2.24) is 4.31 Å². The lowest BCUT2D eigenvalue weighted by atomic mass is 10.2. The maximum absolute atomic E-state index is 12.8. The van der Waals surface area contributed by atoms with E-state index in [9.17, 15) is 8.42 Å². The Balaban J connectivity index is 1.86. The SMILES string of the molecule is O=S(=O)(C1=CCC=C(Cl)C=C1)N1CCOCC1C1CC1. The normalized spacial score (nSPS) is 28.8. The maximum atomic E-state index is 12.8. The van der Waals surface area contributed by atoms with Gasteiger partial charge >= 0.3 is 0 Å². The smallest absolute Gasteiger partial charge is 0.243 e. The zero-order chi connectivity index (χ0) is 14.2. The highest BCUT2D eigenvalue weighted by molar-refractivity contribution is 7.93. The number of ether oxygens (including phenoxy) is 1. The van der Waals surface area contributed by atoms with Gasteiger partial charge in [0, 0.05) is 11.6 Å². The summed E-state index contributed by atoms with van der Waals surface area (Å²) in [5.74, 6) is 0.460. The molecule has 1 saturated heterocycles. The van der Waals surface area contributed by atoms with E-state index < -0.39 is 10.0 Å². The topological polar surface area (TPSA) is 46.6 Å². The largest absolute Gasteiger partial charge is 0.378 e. The molecule has 0 amide bonds. The van der Waals surface area contributed by atoms with Gasteiger partial charge in [0.25, 0.3) is 0 Å². The molecule has 1 saturated carbocycles. The first kappa shape index (κ1) is 14.3. The molecule has 3 rings (SSSR count). The summed E-state index contributed by atoms with van der Waals surface area (Å²) < 4.78 is 32.7. The van der Waals surface area contributed by atoms with Crippen molar-refractivity contribution >= 4 is 21.6 Å². The molecule has 20 heavy (non-hydrogen) atoms. The highest BCUT2D eigenvalue weighted by atomic mass is 35.5. The first-order valence-electron chi connectivity index (χ1n) is 6.92. The molecule has 1 atom stereocenters. The summed E-state index contributed by atoms with van der Waals surface area (Å²) in [6.45, 7) is 1.42. The van der Waals surface area contributed by atoms with E-state index in [1.165, 1.54) is 0 Å². The minimum Gasteiger partial charge on any atom is -0.378 e. The van der Waals surface area contributed by atoms with E-state index in [0.29, 0.717) is 42.0 Å². The first-order valence-corrected chi connectivity index (χ1v) is 8.74. The average molecular weight is 316 g/mol. The molecule has 3 aliphatic rings. The quantitative estimate of drug-likeness (QED) is 0.803. The van der Waals surface area contributed by atoms with Crippen LogP contribution in [0.4, 0.5) is 0 Å². The van der Waals surface area contributed by atoms with Crippen LogP contribution in [0.25, 0.3) is 0 Å². The molecule has 0 bridgehead atoms. The van der Waals surface area contributed by atoms with Gasteiger partial charge in [-0.1, -0.05) is 23.8 Å². The summed E-state index contributed by atoms with van der Waals surface area (Å²) in [7, 11) is -3.45. The van der Waals surface area contributed by atoms with Crippen LogP contribution in [0.2, 0.25) is 0 Å².